The van der Waals surface area contributed by atoms with E-state index in [1.54, 1.807) is 0 Å². The van der Waals surface area contributed by atoms with Crippen LogP contribution in [0.25, 0.3) is 0 Å². The lowest BCUT2D eigenvalue weighted by Crippen LogP contribution is -2.30. The smallest absolute Gasteiger partial charge is 0.287 e. The molecule has 0 radical (unpaired) electrons. The predicted octanol–water partition coefficient (Wildman–Crippen LogP) is 1.18. The van der Waals surface area contributed by atoms with Crippen LogP contribution in [0, 0.1) is 0 Å². The van der Waals surface area contributed by atoms with Gasteiger partial charge in [-0.15, -0.1) is 5.10 Å². The summed E-state index contributed by atoms with van der Waals surface area (Å²) in [7, 11) is 0. The first-order valence-corrected chi connectivity index (χ1v) is 6.84. The molecular formula is C13H16ClN5O2. The van der Waals surface area contributed by atoms with Gasteiger partial charge in [0.05, 0.1) is 12.7 Å². The maximum Gasteiger partial charge on any atom is 0.287 e. The molecule has 2 rings (SSSR count). The minimum atomic E-state index is -0.479. The van der Waals surface area contributed by atoms with Crippen molar-refractivity contribution in [2.75, 3.05) is 6.61 Å². The van der Waals surface area contributed by atoms with Crippen molar-refractivity contribution in [3.8, 4) is 5.75 Å². The van der Waals surface area contributed by atoms with Gasteiger partial charge in [-0.05, 0) is 30.2 Å². The summed E-state index contributed by atoms with van der Waals surface area (Å²) in [5.41, 5.74) is 3.20. The molecule has 8 heteroatoms. The number of nitrogens with two attached hydrogens (primary N) is 1. The number of hydrazine groups is 1. The van der Waals surface area contributed by atoms with Crippen molar-refractivity contribution >= 4 is 17.5 Å². The fourth-order valence-electron chi connectivity index (χ4n) is 1.75. The van der Waals surface area contributed by atoms with Gasteiger partial charge in [0.2, 0.25) is 0 Å². The Bertz CT molecular complexity index is 629. The number of amides is 1. The van der Waals surface area contributed by atoms with Gasteiger partial charge in [0.15, 0.2) is 5.69 Å². The number of rotatable bonds is 6. The number of carbonyl (C=O) groups is 1. The molecule has 0 aliphatic rings. The zero-order valence-corrected chi connectivity index (χ0v) is 12.3. The van der Waals surface area contributed by atoms with Crippen LogP contribution in [0.1, 0.15) is 23.0 Å². The molecule has 1 aromatic carbocycles. The van der Waals surface area contributed by atoms with Crippen LogP contribution in [0.2, 0.25) is 5.02 Å². The molecule has 0 unspecified atom stereocenters. The normalized spacial score (nSPS) is 10.4. The van der Waals surface area contributed by atoms with E-state index in [1.807, 2.05) is 30.5 Å². The average molecular weight is 310 g/mol. The standard InChI is InChI=1S/C13H16ClN5O2/c1-2-9-7-10(3-4-11(9)14)21-6-5-19-8-12(17-18-19)13(20)16-15/h3-4,7-8H,2,5-6,15H2,1H3,(H,16,20). The van der Waals surface area contributed by atoms with Gasteiger partial charge >= 0.3 is 0 Å². The summed E-state index contributed by atoms with van der Waals surface area (Å²) >= 11 is 6.05. The van der Waals surface area contributed by atoms with Crippen LogP contribution < -0.4 is 16.0 Å². The van der Waals surface area contributed by atoms with Crippen molar-refractivity contribution in [1.29, 1.82) is 0 Å². The Hall–Kier alpha value is -2.12. The molecule has 3 N–H and O–H groups in total. The molecule has 0 atom stereocenters. The topological polar surface area (TPSA) is 95.1 Å². The molecule has 112 valence electrons. The van der Waals surface area contributed by atoms with E-state index in [0.29, 0.717) is 13.2 Å². The molecule has 0 saturated heterocycles. The molecule has 2 aromatic rings. The third-order valence-electron chi connectivity index (χ3n) is 2.89. The van der Waals surface area contributed by atoms with Gasteiger partial charge in [-0.1, -0.05) is 23.7 Å². The number of carbonyl (C=O) groups excluding carboxylic acids is 1. The van der Waals surface area contributed by atoms with Gasteiger partial charge in [-0.25, -0.2) is 10.5 Å². The first-order chi connectivity index (χ1) is 10.1. The summed E-state index contributed by atoms with van der Waals surface area (Å²) in [5, 5.41) is 8.25. The molecule has 0 fully saturated rings. The minimum absolute atomic E-state index is 0.164. The number of nitrogen functional groups attached to an aromatic ring is 1. The van der Waals surface area contributed by atoms with Crippen molar-refractivity contribution in [2.45, 2.75) is 19.9 Å². The highest BCUT2D eigenvalue weighted by molar-refractivity contribution is 6.31. The zero-order chi connectivity index (χ0) is 15.2. The van der Waals surface area contributed by atoms with Gasteiger partial charge in [0, 0.05) is 5.02 Å². The zero-order valence-electron chi connectivity index (χ0n) is 11.5. The van der Waals surface area contributed by atoms with E-state index in [0.717, 1.165) is 22.8 Å². The van der Waals surface area contributed by atoms with E-state index in [-0.39, 0.29) is 5.69 Å². The van der Waals surface area contributed by atoms with E-state index < -0.39 is 5.91 Å². The van der Waals surface area contributed by atoms with E-state index in [1.165, 1.54) is 10.9 Å². The third kappa shape index (κ3) is 3.93. The van der Waals surface area contributed by atoms with E-state index >= 15 is 0 Å². The number of halogens is 1. The lowest BCUT2D eigenvalue weighted by molar-refractivity contribution is 0.0948. The molecule has 0 aliphatic heterocycles. The van der Waals surface area contributed by atoms with Crippen molar-refractivity contribution in [2.24, 2.45) is 5.84 Å². The Morgan fingerprint density at radius 2 is 2.33 bits per heavy atom. The number of nitrogens with zero attached hydrogens (tertiary/aromatic N) is 3. The molecule has 21 heavy (non-hydrogen) atoms. The molecule has 0 aliphatic carbocycles. The first-order valence-electron chi connectivity index (χ1n) is 6.46. The Morgan fingerprint density at radius 3 is 3.05 bits per heavy atom. The van der Waals surface area contributed by atoms with Crippen molar-refractivity contribution in [3.63, 3.8) is 0 Å². The summed E-state index contributed by atoms with van der Waals surface area (Å²) in [6.07, 6.45) is 2.35. The Balaban J connectivity index is 1.89. The molecule has 0 bridgehead atoms. The number of hydrogen-bond acceptors (Lipinski definition) is 5. The summed E-state index contributed by atoms with van der Waals surface area (Å²) in [4.78, 5) is 11.2. The average Bonchev–Trinajstić information content (AvgIpc) is 2.97. The first kappa shape index (κ1) is 15.3. The van der Waals surface area contributed by atoms with Gasteiger partial charge in [0.25, 0.3) is 5.91 Å². The molecule has 1 amide bonds. The second-order valence-corrected chi connectivity index (χ2v) is 4.70. The largest absolute Gasteiger partial charge is 0.492 e. The quantitative estimate of drug-likeness (QED) is 0.474. The number of benzene rings is 1. The van der Waals surface area contributed by atoms with Crippen LogP contribution in [0.4, 0.5) is 0 Å². The van der Waals surface area contributed by atoms with Crippen LogP contribution in [0.15, 0.2) is 24.4 Å². The van der Waals surface area contributed by atoms with Crippen molar-refractivity contribution in [1.82, 2.24) is 20.4 Å². The van der Waals surface area contributed by atoms with Gasteiger partial charge in [-0.2, -0.15) is 0 Å². The number of ether oxygens (including phenoxy) is 1. The van der Waals surface area contributed by atoms with Gasteiger partial charge < -0.3 is 4.74 Å². The molecule has 1 aromatic heterocycles. The molecule has 0 saturated carbocycles. The monoisotopic (exact) mass is 309 g/mol. The summed E-state index contributed by atoms with van der Waals surface area (Å²) in [6, 6.07) is 5.54. The highest BCUT2D eigenvalue weighted by Gasteiger charge is 2.08. The molecule has 7 nitrogen and oxygen atoms in total. The predicted molar refractivity (Wildman–Crippen MR) is 78.0 cm³/mol. The number of aromatic nitrogens is 3. The molecule has 1 heterocycles. The summed E-state index contributed by atoms with van der Waals surface area (Å²) in [5.74, 6) is 5.28. The van der Waals surface area contributed by atoms with E-state index in [4.69, 9.17) is 22.2 Å². The van der Waals surface area contributed by atoms with Crippen LogP contribution >= 0.6 is 11.6 Å². The van der Waals surface area contributed by atoms with Crippen LogP contribution in [-0.4, -0.2) is 27.5 Å². The third-order valence-corrected chi connectivity index (χ3v) is 3.26. The highest BCUT2D eigenvalue weighted by atomic mass is 35.5. The van der Waals surface area contributed by atoms with E-state index in [9.17, 15) is 4.79 Å². The van der Waals surface area contributed by atoms with Gasteiger partial charge in [-0.3, -0.25) is 10.2 Å². The van der Waals surface area contributed by atoms with Gasteiger partial charge in [0.1, 0.15) is 12.4 Å². The van der Waals surface area contributed by atoms with E-state index in [2.05, 4.69) is 10.3 Å². The second-order valence-electron chi connectivity index (χ2n) is 4.30. The SMILES string of the molecule is CCc1cc(OCCn2cc(C(=O)NN)nn2)ccc1Cl. The Labute approximate surface area is 127 Å². The fourth-order valence-corrected chi connectivity index (χ4v) is 2.01. The Kier molecular flexibility index (Phi) is 5.13. The maximum absolute atomic E-state index is 11.2. The second kappa shape index (κ2) is 7.05. The lowest BCUT2D eigenvalue weighted by atomic mass is 10.1. The fraction of sp³-hybridized carbons (Fsp3) is 0.308. The number of hydrogen-bond donors (Lipinski definition) is 2. The highest BCUT2D eigenvalue weighted by Crippen LogP contribution is 2.22. The van der Waals surface area contributed by atoms with Crippen molar-refractivity contribution in [3.05, 3.63) is 40.7 Å². The van der Waals surface area contributed by atoms with Crippen LogP contribution in [-0.2, 0) is 13.0 Å². The molecular weight excluding hydrogens is 294 g/mol. The maximum atomic E-state index is 11.2. The minimum Gasteiger partial charge on any atom is -0.492 e. The number of aryl methyl sites for hydroxylation is 1. The number of nitrogens with one attached hydrogen (secondary N) is 1. The van der Waals surface area contributed by atoms with Crippen molar-refractivity contribution < 1.29 is 9.53 Å². The summed E-state index contributed by atoms with van der Waals surface area (Å²) < 4.78 is 7.15. The molecule has 0 spiro atoms. The van der Waals surface area contributed by atoms with Crippen LogP contribution in [0.3, 0.4) is 0 Å². The summed E-state index contributed by atoms with van der Waals surface area (Å²) in [6.45, 7) is 2.90. The lowest BCUT2D eigenvalue weighted by Gasteiger charge is -2.08. The van der Waals surface area contributed by atoms with Crippen LogP contribution in [0.5, 0.6) is 5.75 Å². The Morgan fingerprint density at radius 1 is 1.52 bits per heavy atom.